The normalized spacial score (nSPS) is 13.9. The minimum absolute atomic E-state index is 0.863. The molecule has 1 aromatic heterocycles. The molecule has 0 amide bonds. The van der Waals surface area contributed by atoms with E-state index in [0.29, 0.717) is 0 Å². The molecule has 1 N–H and O–H groups in total. The Morgan fingerprint density at radius 2 is 2.16 bits per heavy atom. The van der Waals surface area contributed by atoms with Gasteiger partial charge in [-0.05, 0) is 38.1 Å². The Morgan fingerprint density at radius 1 is 1.32 bits per heavy atom. The monoisotopic (exact) mass is 256 g/mol. The highest BCUT2D eigenvalue weighted by Gasteiger charge is 2.19. The minimum Gasteiger partial charge on any atom is -0.464 e. The first-order valence-corrected chi connectivity index (χ1v) is 6.83. The van der Waals surface area contributed by atoms with Gasteiger partial charge in [0, 0.05) is 24.3 Å². The Bertz CT molecular complexity index is 574. The van der Waals surface area contributed by atoms with Crippen molar-refractivity contribution in [2.45, 2.75) is 26.4 Å². The van der Waals surface area contributed by atoms with E-state index < -0.39 is 0 Å². The van der Waals surface area contributed by atoms with Gasteiger partial charge in [-0.3, -0.25) is 0 Å². The van der Waals surface area contributed by atoms with Crippen molar-refractivity contribution >= 4 is 5.69 Å². The zero-order chi connectivity index (χ0) is 13.2. The highest BCUT2D eigenvalue weighted by Crippen LogP contribution is 2.29. The summed E-state index contributed by atoms with van der Waals surface area (Å²) in [4.78, 5) is 2.40. The molecule has 2 heterocycles. The van der Waals surface area contributed by atoms with Gasteiger partial charge < -0.3 is 14.6 Å². The quantitative estimate of drug-likeness (QED) is 0.911. The van der Waals surface area contributed by atoms with Gasteiger partial charge in [-0.2, -0.15) is 0 Å². The lowest BCUT2D eigenvalue weighted by Crippen LogP contribution is -2.19. The largest absolute Gasteiger partial charge is 0.464 e. The third-order valence-corrected chi connectivity index (χ3v) is 3.77. The van der Waals surface area contributed by atoms with Gasteiger partial charge in [0.2, 0.25) is 0 Å². The van der Waals surface area contributed by atoms with Crippen molar-refractivity contribution in [1.29, 1.82) is 0 Å². The third-order valence-electron chi connectivity index (χ3n) is 3.77. The van der Waals surface area contributed by atoms with Crippen molar-refractivity contribution in [2.75, 3.05) is 18.5 Å². The molecule has 1 aliphatic rings. The number of para-hydroxylation sites is 1. The number of aryl methyl sites for hydroxylation is 1. The fourth-order valence-electron chi connectivity index (χ4n) is 2.79. The molecule has 0 saturated heterocycles. The van der Waals surface area contributed by atoms with Crippen LogP contribution >= 0.6 is 0 Å². The SMILES string of the molecule is CNCc1cc(CN2CCc3ccccc32)oc1C. The van der Waals surface area contributed by atoms with Crippen LogP contribution in [0.25, 0.3) is 0 Å². The maximum Gasteiger partial charge on any atom is 0.123 e. The highest BCUT2D eigenvalue weighted by atomic mass is 16.3. The summed E-state index contributed by atoms with van der Waals surface area (Å²) < 4.78 is 5.86. The van der Waals surface area contributed by atoms with Gasteiger partial charge in [0.15, 0.2) is 0 Å². The average Bonchev–Trinajstić information content (AvgIpc) is 2.96. The molecule has 19 heavy (non-hydrogen) atoms. The fraction of sp³-hybridized carbons (Fsp3) is 0.375. The second-order valence-corrected chi connectivity index (χ2v) is 5.12. The standard InChI is InChI=1S/C16H20N2O/c1-12-14(10-17-2)9-15(19-12)11-18-8-7-13-5-3-4-6-16(13)18/h3-6,9,17H,7-8,10-11H2,1-2H3. The molecule has 2 aromatic rings. The number of furan rings is 1. The van der Waals surface area contributed by atoms with Crippen LogP contribution in [0.15, 0.2) is 34.7 Å². The van der Waals surface area contributed by atoms with Gasteiger partial charge in [-0.15, -0.1) is 0 Å². The van der Waals surface area contributed by atoms with Crippen molar-refractivity contribution in [3.8, 4) is 0 Å². The van der Waals surface area contributed by atoms with Gasteiger partial charge in [-0.1, -0.05) is 18.2 Å². The van der Waals surface area contributed by atoms with Crippen LogP contribution in [-0.4, -0.2) is 13.6 Å². The van der Waals surface area contributed by atoms with Gasteiger partial charge in [0.1, 0.15) is 11.5 Å². The predicted molar refractivity (Wildman–Crippen MR) is 77.4 cm³/mol. The minimum atomic E-state index is 0.863. The second-order valence-electron chi connectivity index (χ2n) is 5.12. The topological polar surface area (TPSA) is 28.4 Å². The Kier molecular flexibility index (Phi) is 3.30. The van der Waals surface area contributed by atoms with Crippen LogP contribution in [0.3, 0.4) is 0 Å². The van der Waals surface area contributed by atoms with E-state index in [4.69, 9.17) is 4.42 Å². The maximum absolute atomic E-state index is 5.86. The van der Waals surface area contributed by atoms with Gasteiger partial charge in [0.25, 0.3) is 0 Å². The molecule has 1 aromatic carbocycles. The molecule has 0 atom stereocenters. The molecule has 3 rings (SSSR count). The molecule has 3 heteroatoms. The first-order chi connectivity index (χ1) is 9.28. The summed E-state index contributed by atoms with van der Waals surface area (Å²) >= 11 is 0. The van der Waals surface area contributed by atoms with Crippen molar-refractivity contribution < 1.29 is 4.42 Å². The Morgan fingerprint density at radius 3 is 3.00 bits per heavy atom. The van der Waals surface area contributed by atoms with Crippen LogP contribution in [0.1, 0.15) is 22.6 Å². The Labute approximate surface area is 114 Å². The molecular weight excluding hydrogens is 236 g/mol. The molecular formula is C16H20N2O. The van der Waals surface area contributed by atoms with Crippen LogP contribution in [-0.2, 0) is 19.5 Å². The van der Waals surface area contributed by atoms with Crippen LogP contribution in [0, 0.1) is 6.92 Å². The molecule has 0 fully saturated rings. The number of nitrogens with one attached hydrogen (secondary N) is 1. The smallest absolute Gasteiger partial charge is 0.123 e. The molecule has 3 nitrogen and oxygen atoms in total. The van der Waals surface area contributed by atoms with E-state index in [1.807, 2.05) is 14.0 Å². The average molecular weight is 256 g/mol. The summed E-state index contributed by atoms with van der Waals surface area (Å²) in [6.07, 6.45) is 1.14. The van der Waals surface area contributed by atoms with E-state index in [9.17, 15) is 0 Å². The van der Waals surface area contributed by atoms with Crippen LogP contribution in [0.4, 0.5) is 5.69 Å². The molecule has 0 spiro atoms. The van der Waals surface area contributed by atoms with Crippen molar-refractivity contribution in [2.24, 2.45) is 0 Å². The van der Waals surface area contributed by atoms with Crippen molar-refractivity contribution in [1.82, 2.24) is 5.32 Å². The van der Waals surface area contributed by atoms with E-state index in [-0.39, 0.29) is 0 Å². The number of benzene rings is 1. The first-order valence-electron chi connectivity index (χ1n) is 6.83. The summed E-state index contributed by atoms with van der Waals surface area (Å²) in [5, 5.41) is 3.17. The molecule has 100 valence electrons. The Hall–Kier alpha value is -1.74. The Balaban J connectivity index is 1.78. The van der Waals surface area contributed by atoms with Gasteiger partial charge in [-0.25, -0.2) is 0 Å². The highest BCUT2D eigenvalue weighted by molar-refractivity contribution is 5.57. The zero-order valence-corrected chi connectivity index (χ0v) is 11.6. The molecule has 0 unspecified atom stereocenters. The summed E-state index contributed by atoms with van der Waals surface area (Å²) in [6, 6.07) is 10.8. The van der Waals surface area contributed by atoms with E-state index >= 15 is 0 Å². The molecule has 0 radical (unpaired) electrons. The first kappa shape index (κ1) is 12.3. The van der Waals surface area contributed by atoms with Crippen molar-refractivity contribution in [3.05, 3.63) is 53.0 Å². The number of hydrogen-bond donors (Lipinski definition) is 1. The number of rotatable bonds is 4. The van der Waals surface area contributed by atoms with Crippen molar-refractivity contribution in [3.63, 3.8) is 0 Å². The lowest BCUT2D eigenvalue weighted by atomic mass is 10.2. The maximum atomic E-state index is 5.86. The summed E-state index contributed by atoms with van der Waals surface area (Å²) in [7, 11) is 1.96. The third kappa shape index (κ3) is 2.38. The number of anilines is 1. The molecule has 0 saturated carbocycles. The molecule has 0 bridgehead atoms. The van der Waals surface area contributed by atoms with Crippen LogP contribution < -0.4 is 10.2 Å². The predicted octanol–water partition coefficient (Wildman–Crippen LogP) is 2.87. The summed E-state index contributed by atoms with van der Waals surface area (Å²) in [5.41, 5.74) is 4.05. The van der Waals surface area contributed by atoms with Gasteiger partial charge >= 0.3 is 0 Å². The lowest BCUT2D eigenvalue weighted by Gasteiger charge is -2.17. The summed E-state index contributed by atoms with van der Waals surface area (Å²) in [6.45, 7) is 4.85. The zero-order valence-electron chi connectivity index (χ0n) is 11.6. The summed E-state index contributed by atoms with van der Waals surface area (Å²) in [5.74, 6) is 2.08. The fourth-order valence-corrected chi connectivity index (χ4v) is 2.79. The van der Waals surface area contributed by atoms with E-state index in [0.717, 1.165) is 37.6 Å². The molecule has 0 aliphatic carbocycles. The number of hydrogen-bond acceptors (Lipinski definition) is 3. The van der Waals surface area contributed by atoms with Crippen LogP contribution in [0.5, 0.6) is 0 Å². The second kappa shape index (κ2) is 5.10. The van der Waals surface area contributed by atoms with E-state index in [1.54, 1.807) is 0 Å². The number of fused-ring (bicyclic) bond motifs is 1. The van der Waals surface area contributed by atoms with E-state index in [2.05, 4.69) is 40.5 Å². The molecule has 1 aliphatic heterocycles. The number of nitrogens with zero attached hydrogens (tertiary/aromatic N) is 1. The van der Waals surface area contributed by atoms with E-state index in [1.165, 1.54) is 16.8 Å². The van der Waals surface area contributed by atoms with Crippen LogP contribution in [0.2, 0.25) is 0 Å². The lowest BCUT2D eigenvalue weighted by molar-refractivity contribution is 0.476. The van der Waals surface area contributed by atoms with Gasteiger partial charge in [0.05, 0.1) is 6.54 Å².